The number of fused-ring (bicyclic) bond motifs is 2. The smallest absolute Gasteiger partial charge is 0.243 e. The summed E-state index contributed by atoms with van der Waals surface area (Å²) in [5.74, 6) is 0.910. The third kappa shape index (κ3) is 2.92. The molecule has 6 rings (SSSR count). The Morgan fingerprint density at radius 2 is 1.76 bits per heavy atom. The van der Waals surface area contributed by atoms with Crippen molar-refractivity contribution in [2.45, 2.75) is 37.2 Å². The zero-order chi connectivity index (χ0) is 20.2. The lowest BCUT2D eigenvalue weighted by atomic mass is 9.91. The summed E-state index contributed by atoms with van der Waals surface area (Å²) in [5.41, 5.74) is 2.84. The molecule has 0 saturated carbocycles. The van der Waals surface area contributed by atoms with Crippen molar-refractivity contribution in [3.8, 4) is 5.69 Å². The van der Waals surface area contributed by atoms with Gasteiger partial charge < -0.3 is 4.90 Å². The molecule has 0 aliphatic carbocycles. The SMILES string of the molecule is Cc1ncnc(N2CC3CC(C2)N3S(=O)(=O)c2ccc(-n3cccn3)cc2)c1C. The van der Waals surface area contributed by atoms with Gasteiger partial charge in [-0.3, -0.25) is 0 Å². The van der Waals surface area contributed by atoms with Crippen molar-refractivity contribution in [2.24, 2.45) is 0 Å². The lowest BCUT2D eigenvalue weighted by Crippen LogP contribution is -2.70. The fourth-order valence-corrected chi connectivity index (χ4v) is 6.11. The van der Waals surface area contributed by atoms with Gasteiger partial charge in [-0.2, -0.15) is 9.40 Å². The Bertz CT molecular complexity index is 1130. The minimum atomic E-state index is -3.53. The van der Waals surface area contributed by atoms with Crippen LogP contribution in [0.5, 0.6) is 0 Å². The summed E-state index contributed by atoms with van der Waals surface area (Å²) in [4.78, 5) is 11.2. The largest absolute Gasteiger partial charge is 0.353 e. The second-order valence-electron chi connectivity index (χ2n) is 7.64. The van der Waals surface area contributed by atoms with Crippen LogP contribution in [0.4, 0.5) is 5.82 Å². The van der Waals surface area contributed by atoms with E-state index in [0.29, 0.717) is 18.0 Å². The number of nitrogens with zero attached hydrogens (tertiary/aromatic N) is 6. The van der Waals surface area contributed by atoms with E-state index in [1.54, 1.807) is 45.8 Å². The van der Waals surface area contributed by atoms with Gasteiger partial charge in [-0.1, -0.05) is 0 Å². The highest BCUT2D eigenvalue weighted by Gasteiger charge is 2.51. The third-order valence-corrected chi connectivity index (χ3v) is 7.94. The molecule has 2 atom stereocenters. The first kappa shape index (κ1) is 18.3. The molecule has 2 unspecified atom stereocenters. The van der Waals surface area contributed by atoms with Crippen LogP contribution >= 0.6 is 0 Å². The van der Waals surface area contributed by atoms with Gasteiger partial charge in [-0.05, 0) is 50.6 Å². The van der Waals surface area contributed by atoms with E-state index < -0.39 is 10.0 Å². The van der Waals surface area contributed by atoms with Crippen LogP contribution in [0.15, 0.2) is 53.9 Å². The molecule has 2 aromatic heterocycles. The van der Waals surface area contributed by atoms with Crippen molar-refractivity contribution in [3.05, 3.63) is 60.3 Å². The summed E-state index contributed by atoms with van der Waals surface area (Å²) >= 11 is 0. The summed E-state index contributed by atoms with van der Waals surface area (Å²) < 4.78 is 29.9. The highest BCUT2D eigenvalue weighted by molar-refractivity contribution is 7.89. The molecule has 3 aromatic rings. The van der Waals surface area contributed by atoms with Crippen LogP contribution in [-0.2, 0) is 10.0 Å². The van der Waals surface area contributed by atoms with E-state index in [9.17, 15) is 8.42 Å². The van der Waals surface area contributed by atoms with E-state index in [0.717, 1.165) is 29.2 Å². The molecule has 2 bridgehead atoms. The summed E-state index contributed by atoms with van der Waals surface area (Å²) in [6.07, 6.45) is 5.99. The molecular weight excluding hydrogens is 388 g/mol. The second kappa shape index (κ2) is 6.64. The quantitative estimate of drug-likeness (QED) is 0.654. The highest BCUT2D eigenvalue weighted by Crippen LogP contribution is 2.39. The number of anilines is 1. The maximum Gasteiger partial charge on any atom is 0.243 e. The summed E-state index contributed by atoms with van der Waals surface area (Å²) in [6.45, 7) is 5.28. The van der Waals surface area contributed by atoms with E-state index in [2.05, 4.69) is 20.0 Å². The van der Waals surface area contributed by atoms with Gasteiger partial charge in [0, 0.05) is 48.8 Å². The average Bonchev–Trinajstić information content (AvgIpc) is 3.25. The van der Waals surface area contributed by atoms with Crippen LogP contribution in [0.1, 0.15) is 17.7 Å². The Hall–Kier alpha value is -2.78. The predicted octanol–water partition coefficient (Wildman–Crippen LogP) is 1.93. The standard InChI is InChI=1S/C20H22N6O2S/c1-14-15(2)21-13-22-20(14)24-11-17-10-18(12-24)26(17)29(27,28)19-6-4-16(5-7-19)25-9-3-8-23-25/h3-9,13,17-18H,10-12H2,1-2H3. The van der Waals surface area contributed by atoms with Gasteiger partial charge >= 0.3 is 0 Å². The lowest BCUT2D eigenvalue weighted by Gasteiger charge is -2.55. The first-order valence-electron chi connectivity index (χ1n) is 9.62. The molecule has 0 spiro atoms. The summed E-state index contributed by atoms with van der Waals surface area (Å²) in [6, 6.07) is 8.67. The Morgan fingerprint density at radius 1 is 1.03 bits per heavy atom. The molecule has 8 nitrogen and oxygen atoms in total. The maximum absolute atomic E-state index is 13.2. The van der Waals surface area contributed by atoms with Crippen LogP contribution in [0.3, 0.4) is 0 Å². The monoisotopic (exact) mass is 410 g/mol. The fourth-order valence-electron chi connectivity index (χ4n) is 4.30. The molecule has 5 heterocycles. The number of sulfonamides is 1. The number of rotatable bonds is 4. The Balaban J connectivity index is 1.37. The molecule has 29 heavy (non-hydrogen) atoms. The Kier molecular flexibility index (Phi) is 4.18. The second-order valence-corrected chi connectivity index (χ2v) is 9.48. The summed E-state index contributed by atoms with van der Waals surface area (Å²) in [7, 11) is -3.53. The number of aromatic nitrogens is 4. The van der Waals surface area contributed by atoms with Gasteiger partial charge in [-0.15, -0.1) is 0 Å². The average molecular weight is 411 g/mol. The predicted molar refractivity (Wildman–Crippen MR) is 109 cm³/mol. The van der Waals surface area contributed by atoms with Crippen LogP contribution in [0, 0.1) is 13.8 Å². The van der Waals surface area contributed by atoms with Crippen molar-refractivity contribution >= 4 is 15.8 Å². The molecule has 150 valence electrons. The van der Waals surface area contributed by atoms with Crippen molar-refractivity contribution in [3.63, 3.8) is 0 Å². The number of benzene rings is 1. The molecular formula is C20H22N6O2S. The van der Waals surface area contributed by atoms with E-state index >= 15 is 0 Å². The lowest BCUT2D eigenvalue weighted by molar-refractivity contribution is 0.0874. The van der Waals surface area contributed by atoms with Crippen molar-refractivity contribution in [2.75, 3.05) is 18.0 Å². The van der Waals surface area contributed by atoms with Crippen molar-refractivity contribution in [1.82, 2.24) is 24.1 Å². The van der Waals surface area contributed by atoms with Gasteiger partial charge in [0.15, 0.2) is 0 Å². The normalized spacial score (nSPS) is 21.8. The number of hydrogen-bond donors (Lipinski definition) is 0. The Morgan fingerprint density at radius 3 is 2.41 bits per heavy atom. The molecule has 3 aliphatic rings. The molecule has 0 N–H and O–H groups in total. The number of hydrogen-bond acceptors (Lipinski definition) is 6. The highest BCUT2D eigenvalue weighted by atomic mass is 32.2. The summed E-state index contributed by atoms with van der Waals surface area (Å²) in [5, 5.41) is 4.18. The molecule has 3 saturated heterocycles. The topological polar surface area (TPSA) is 84.2 Å². The molecule has 0 amide bonds. The number of piperazine rings is 1. The number of aryl methyl sites for hydroxylation is 1. The molecule has 3 fully saturated rings. The van der Waals surface area contributed by atoms with E-state index in [-0.39, 0.29) is 12.1 Å². The zero-order valence-electron chi connectivity index (χ0n) is 16.3. The van der Waals surface area contributed by atoms with Gasteiger partial charge in [0.2, 0.25) is 10.0 Å². The van der Waals surface area contributed by atoms with Crippen LogP contribution < -0.4 is 4.90 Å². The first-order valence-corrected chi connectivity index (χ1v) is 11.1. The molecule has 1 aromatic carbocycles. The van der Waals surface area contributed by atoms with E-state index in [1.807, 2.05) is 26.1 Å². The van der Waals surface area contributed by atoms with Gasteiger partial charge in [-0.25, -0.2) is 23.1 Å². The molecule has 3 aliphatic heterocycles. The van der Waals surface area contributed by atoms with Crippen molar-refractivity contribution < 1.29 is 8.42 Å². The van der Waals surface area contributed by atoms with Crippen molar-refractivity contribution in [1.29, 1.82) is 0 Å². The first-order chi connectivity index (χ1) is 13.9. The maximum atomic E-state index is 13.2. The Labute approximate surface area is 169 Å². The fraction of sp³-hybridized carbons (Fsp3) is 0.350. The zero-order valence-corrected chi connectivity index (χ0v) is 17.1. The molecule has 9 heteroatoms. The number of piperidine rings is 1. The minimum absolute atomic E-state index is 0.0285. The molecule has 0 radical (unpaired) electrons. The minimum Gasteiger partial charge on any atom is -0.353 e. The van der Waals surface area contributed by atoms with Crippen LogP contribution in [0.25, 0.3) is 5.69 Å². The van der Waals surface area contributed by atoms with E-state index in [1.165, 1.54) is 0 Å². The van der Waals surface area contributed by atoms with Gasteiger partial charge in [0.05, 0.1) is 10.6 Å². The van der Waals surface area contributed by atoms with Crippen LogP contribution in [0.2, 0.25) is 0 Å². The van der Waals surface area contributed by atoms with E-state index in [4.69, 9.17) is 0 Å². The third-order valence-electron chi connectivity index (χ3n) is 5.92. The van der Waals surface area contributed by atoms with Gasteiger partial charge in [0.25, 0.3) is 0 Å². The van der Waals surface area contributed by atoms with Gasteiger partial charge in [0.1, 0.15) is 12.1 Å². The van der Waals surface area contributed by atoms with Crippen LogP contribution in [-0.4, -0.2) is 57.6 Å².